The Kier molecular flexibility index (Phi) is 7.87. The van der Waals surface area contributed by atoms with E-state index in [2.05, 4.69) is 32.0 Å². The molecule has 4 rings (SSSR count). The molecule has 3 aromatic rings. The van der Waals surface area contributed by atoms with Crippen molar-refractivity contribution >= 4 is 5.69 Å². The van der Waals surface area contributed by atoms with Gasteiger partial charge in [0.25, 0.3) is 5.69 Å². The summed E-state index contributed by atoms with van der Waals surface area (Å²) < 4.78 is 43.1. The molecule has 0 saturated carbocycles. The molecule has 1 fully saturated rings. The van der Waals surface area contributed by atoms with Gasteiger partial charge in [0.2, 0.25) is 0 Å². The van der Waals surface area contributed by atoms with Gasteiger partial charge in [-0.05, 0) is 49.5 Å². The van der Waals surface area contributed by atoms with Crippen molar-refractivity contribution in [2.75, 3.05) is 46.3 Å². The molecule has 12 heteroatoms. The number of rotatable bonds is 9. The lowest BCUT2D eigenvalue weighted by molar-refractivity contribution is -0.384. The van der Waals surface area contributed by atoms with E-state index >= 15 is 0 Å². The van der Waals surface area contributed by atoms with Crippen LogP contribution < -0.4 is 10.1 Å². The molecule has 192 valence electrons. The number of nitrogens with one attached hydrogen (secondary N) is 1. The molecule has 1 aliphatic heterocycles. The van der Waals surface area contributed by atoms with Crippen LogP contribution in [0.15, 0.2) is 54.6 Å². The third-order valence-electron chi connectivity index (χ3n) is 5.98. The third-order valence-corrected chi connectivity index (χ3v) is 5.98. The first-order chi connectivity index (χ1) is 17.2. The zero-order chi connectivity index (χ0) is 25.7. The number of nitrogens with zero attached hydrogens (tertiary/aromatic N) is 5. The topological polar surface area (TPSA) is 88.7 Å². The Labute approximate surface area is 206 Å². The molecule has 1 aliphatic rings. The molecule has 0 spiro atoms. The van der Waals surface area contributed by atoms with E-state index in [0.717, 1.165) is 45.0 Å². The average molecular weight is 505 g/mol. The van der Waals surface area contributed by atoms with Crippen molar-refractivity contribution in [3.63, 3.8) is 0 Å². The van der Waals surface area contributed by atoms with Crippen LogP contribution in [0, 0.1) is 10.1 Å². The lowest BCUT2D eigenvalue weighted by atomic mass is 10.1. The molecular formula is C24H27F3N6O3. The lowest BCUT2D eigenvalue weighted by Gasteiger charge is -2.32. The zero-order valence-corrected chi connectivity index (χ0v) is 19.7. The summed E-state index contributed by atoms with van der Waals surface area (Å²) >= 11 is 0. The van der Waals surface area contributed by atoms with Crippen LogP contribution in [0.5, 0.6) is 5.75 Å². The van der Waals surface area contributed by atoms with E-state index in [1.807, 2.05) is 6.07 Å². The number of likely N-dealkylation sites (N-methyl/N-ethyl adjacent to an activating group) is 1. The van der Waals surface area contributed by atoms with Crippen molar-refractivity contribution < 1.29 is 22.8 Å². The molecule has 0 aliphatic carbocycles. The van der Waals surface area contributed by atoms with Gasteiger partial charge in [0, 0.05) is 63.5 Å². The maximum atomic E-state index is 12.5. The largest absolute Gasteiger partial charge is 0.573 e. The summed E-state index contributed by atoms with van der Waals surface area (Å²) in [4.78, 5) is 15.3. The predicted octanol–water partition coefficient (Wildman–Crippen LogP) is 3.68. The van der Waals surface area contributed by atoms with Crippen LogP contribution in [0.1, 0.15) is 5.69 Å². The number of halogens is 3. The second-order valence-electron chi connectivity index (χ2n) is 8.60. The van der Waals surface area contributed by atoms with Crippen molar-refractivity contribution in [2.24, 2.45) is 0 Å². The number of ether oxygens (including phenoxy) is 1. The number of alkyl halides is 3. The van der Waals surface area contributed by atoms with Gasteiger partial charge in [-0.15, -0.1) is 13.2 Å². The first-order valence-electron chi connectivity index (χ1n) is 11.5. The fourth-order valence-electron chi connectivity index (χ4n) is 3.98. The molecule has 9 nitrogen and oxygen atoms in total. The molecule has 0 atom stereocenters. The second kappa shape index (κ2) is 11.1. The standard InChI is InChI=1S/C24H27F3N6O3/c1-30-12-14-31(15-13-30)11-10-28-17-21-16-23(18-2-8-22(9-3-18)36-24(25,26)27)29-32(21)19-4-6-20(7-5-19)33(34)35/h2-9,16,28H,10-15,17H2,1H3. The first-order valence-corrected chi connectivity index (χ1v) is 11.5. The maximum Gasteiger partial charge on any atom is 0.573 e. The lowest BCUT2D eigenvalue weighted by Crippen LogP contribution is -2.46. The Morgan fingerprint density at radius 3 is 2.33 bits per heavy atom. The van der Waals surface area contributed by atoms with Crippen LogP contribution in [0.25, 0.3) is 16.9 Å². The van der Waals surface area contributed by atoms with Crippen LogP contribution in [0.4, 0.5) is 18.9 Å². The van der Waals surface area contributed by atoms with Crippen LogP contribution in [0.3, 0.4) is 0 Å². The van der Waals surface area contributed by atoms with E-state index in [9.17, 15) is 23.3 Å². The number of aromatic nitrogens is 2. The average Bonchev–Trinajstić information content (AvgIpc) is 3.26. The summed E-state index contributed by atoms with van der Waals surface area (Å²) in [5, 5.41) is 19.1. The van der Waals surface area contributed by atoms with Crippen molar-refractivity contribution in [1.82, 2.24) is 24.9 Å². The van der Waals surface area contributed by atoms with Crippen molar-refractivity contribution in [1.29, 1.82) is 0 Å². The smallest absolute Gasteiger partial charge is 0.406 e. The number of nitro groups is 1. The summed E-state index contributed by atoms with van der Waals surface area (Å²) in [5.41, 5.74) is 2.59. The number of benzene rings is 2. The molecule has 0 bridgehead atoms. The summed E-state index contributed by atoms with van der Waals surface area (Å²) in [7, 11) is 2.11. The Morgan fingerprint density at radius 2 is 1.72 bits per heavy atom. The van der Waals surface area contributed by atoms with Crippen molar-refractivity contribution in [3.8, 4) is 22.7 Å². The first kappa shape index (κ1) is 25.6. The highest BCUT2D eigenvalue weighted by Crippen LogP contribution is 2.27. The van der Waals surface area contributed by atoms with E-state index in [0.29, 0.717) is 23.5 Å². The SMILES string of the molecule is CN1CCN(CCNCc2cc(-c3ccc(OC(F)(F)F)cc3)nn2-c2ccc([N+](=O)[O-])cc2)CC1. The van der Waals surface area contributed by atoms with Crippen LogP contribution >= 0.6 is 0 Å². The van der Waals surface area contributed by atoms with Gasteiger partial charge < -0.3 is 15.0 Å². The molecule has 0 radical (unpaired) electrons. The summed E-state index contributed by atoms with van der Waals surface area (Å²) in [6.45, 7) is 6.31. The third kappa shape index (κ3) is 6.80. The van der Waals surface area contributed by atoms with Gasteiger partial charge in [0.05, 0.1) is 22.0 Å². The van der Waals surface area contributed by atoms with Gasteiger partial charge in [0.1, 0.15) is 5.75 Å². The molecule has 1 saturated heterocycles. The molecule has 1 aromatic heterocycles. The summed E-state index contributed by atoms with van der Waals surface area (Å²) in [6, 6.07) is 13.4. The Morgan fingerprint density at radius 1 is 1.06 bits per heavy atom. The number of hydrogen-bond acceptors (Lipinski definition) is 7. The van der Waals surface area contributed by atoms with E-state index in [-0.39, 0.29) is 11.4 Å². The highest BCUT2D eigenvalue weighted by Gasteiger charge is 2.31. The summed E-state index contributed by atoms with van der Waals surface area (Å²) in [5.74, 6) is -0.313. The molecule has 0 amide bonds. The highest BCUT2D eigenvalue weighted by molar-refractivity contribution is 5.61. The Bertz CT molecular complexity index is 1160. The Balaban J connectivity index is 1.50. The minimum atomic E-state index is -4.76. The van der Waals surface area contributed by atoms with Crippen molar-refractivity contribution in [3.05, 3.63) is 70.4 Å². The quantitative estimate of drug-likeness (QED) is 0.270. The van der Waals surface area contributed by atoms with Gasteiger partial charge in [-0.3, -0.25) is 15.0 Å². The predicted molar refractivity (Wildman–Crippen MR) is 128 cm³/mol. The number of nitro benzene ring substituents is 1. The summed E-state index contributed by atoms with van der Waals surface area (Å²) in [6.07, 6.45) is -4.76. The monoisotopic (exact) mass is 504 g/mol. The zero-order valence-electron chi connectivity index (χ0n) is 19.7. The van der Waals surface area contributed by atoms with Gasteiger partial charge in [-0.25, -0.2) is 4.68 Å². The number of piperazine rings is 1. The second-order valence-corrected chi connectivity index (χ2v) is 8.60. The molecule has 0 unspecified atom stereocenters. The molecule has 2 aromatic carbocycles. The van der Waals surface area contributed by atoms with Gasteiger partial charge in [-0.2, -0.15) is 5.10 Å². The molecular weight excluding hydrogens is 477 g/mol. The highest BCUT2D eigenvalue weighted by atomic mass is 19.4. The number of non-ortho nitro benzene ring substituents is 1. The van der Waals surface area contributed by atoms with Gasteiger partial charge in [-0.1, -0.05) is 0 Å². The van der Waals surface area contributed by atoms with Crippen LogP contribution in [-0.4, -0.2) is 77.2 Å². The van der Waals surface area contributed by atoms with Crippen LogP contribution in [0.2, 0.25) is 0 Å². The Hall–Kier alpha value is -3.48. The van der Waals surface area contributed by atoms with E-state index < -0.39 is 11.3 Å². The van der Waals surface area contributed by atoms with E-state index in [1.54, 1.807) is 16.8 Å². The molecule has 36 heavy (non-hydrogen) atoms. The van der Waals surface area contributed by atoms with Gasteiger partial charge >= 0.3 is 6.36 Å². The molecule has 1 N–H and O–H groups in total. The van der Waals surface area contributed by atoms with E-state index in [1.165, 1.54) is 36.4 Å². The van der Waals surface area contributed by atoms with Crippen molar-refractivity contribution in [2.45, 2.75) is 12.9 Å². The van der Waals surface area contributed by atoms with Crippen LogP contribution in [-0.2, 0) is 6.54 Å². The van der Waals surface area contributed by atoms with E-state index in [4.69, 9.17) is 0 Å². The fourth-order valence-corrected chi connectivity index (χ4v) is 3.98. The maximum absolute atomic E-state index is 12.5. The van der Waals surface area contributed by atoms with Gasteiger partial charge in [0.15, 0.2) is 0 Å². The fraction of sp³-hybridized carbons (Fsp3) is 0.375. The molecule has 2 heterocycles. The normalized spacial score (nSPS) is 15.2. The minimum Gasteiger partial charge on any atom is -0.406 e. The minimum absolute atomic E-state index is 0.0294. The number of hydrogen-bond donors (Lipinski definition) is 1.